The van der Waals surface area contributed by atoms with E-state index in [1.165, 1.54) is 12.7 Å². The van der Waals surface area contributed by atoms with Crippen molar-refractivity contribution >= 4 is 29.1 Å². The van der Waals surface area contributed by atoms with Gasteiger partial charge in [0.05, 0.1) is 31.1 Å². The zero-order valence-electron chi connectivity index (χ0n) is 36.2. The summed E-state index contributed by atoms with van der Waals surface area (Å²) < 4.78 is 4.97. The van der Waals surface area contributed by atoms with Gasteiger partial charge in [-0.05, 0) is 90.1 Å². The predicted molar refractivity (Wildman–Crippen MR) is 245 cm³/mol. The van der Waals surface area contributed by atoms with Crippen LogP contribution in [0.4, 0.5) is 0 Å². The minimum absolute atomic E-state index is 0.0172. The third-order valence-corrected chi connectivity index (χ3v) is 13.0. The van der Waals surface area contributed by atoms with E-state index in [4.69, 9.17) is 14.7 Å². The first-order valence-corrected chi connectivity index (χ1v) is 22.3. The summed E-state index contributed by atoms with van der Waals surface area (Å²) in [4.78, 5) is 59.8. The number of nitrogens with one attached hydrogen (secondary N) is 1. The number of carbonyl (C=O) groups excluding carboxylic acids is 3. The molecular weight excluding hydrogens is 773 g/mol. The van der Waals surface area contributed by atoms with E-state index < -0.39 is 0 Å². The summed E-state index contributed by atoms with van der Waals surface area (Å²) in [6.45, 7) is 7.29. The van der Waals surface area contributed by atoms with Gasteiger partial charge in [0.1, 0.15) is 11.9 Å². The molecule has 0 radical (unpaired) electrons. The second-order valence-electron chi connectivity index (χ2n) is 16.8. The quantitative estimate of drug-likeness (QED) is 0.0993. The minimum Gasteiger partial charge on any atom is -0.469 e. The molecule has 8 rings (SSSR count). The molecule has 1 N–H and O–H groups in total. The predicted octanol–water partition coefficient (Wildman–Crippen LogP) is 9.48. The van der Waals surface area contributed by atoms with Gasteiger partial charge in [0.15, 0.2) is 0 Å². The Labute approximate surface area is 365 Å². The van der Waals surface area contributed by atoms with E-state index in [1.807, 2.05) is 65.8 Å². The molecule has 4 aromatic carbocycles. The zero-order chi connectivity index (χ0) is 43.0. The Hall–Kier alpha value is -6.13. The second-order valence-corrected chi connectivity index (χ2v) is 16.8. The Morgan fingerprint density at radius 1 is 0.758 bits per heavy atom. The first kappa shape index (κ1) is 42.6. The maximum absolute atomic E-state index is 14.3. The van der Waals surface area contributed by atoms with Crippen molar-refractivity contribution in [2.45, 2.75) is 83.3 Å². The molecule has 0 saturated carbocycles. The molecule has 0 bridgehead atoms. The lowest BCUT2D eigenvalue weighted by Gasteiger charge is -2.35. The number of ether oxygens (including phenoxy) is 1. The number of aromatic nitrogens is 2. The van der Waals surface area contributed by atoms with Gasteiger partial charge in [0.2, 0.25) is 11.8 Å². The second kappa shape index (κ2) is 19.7. The summed E-state index contributed by atoms with van der Waals surface area (Å²) in [5.74, 6) is 0.554. The van der Waals surface area contributed by atoms with E-state index in [2.05, 4.69) is 89.3 Å². The number of amides is 2. The van der Waals surface area contributed by atoms with Gasteiger partial charge < -0.3 is 19.5 Å². The van der Waals surface area contributed by atoms with E-state index in [-0.39, 0.29) is 54.7 Å². The van der Waals surface area contributed by atoms with Crippen molar-refractivity contribution in [3.8, 4) is 22.4 Å². The summed E-state index contributed by atoms with van der Waals surface area (Å²) in [5, 5.41) is 0. The third kappa shape index (κ3) is 9.50. The molecular formula is C52H58N6O4. The van der Waals surface area contributed by atoms with Crippen molar-refractivity contribution < 1.29 is 19.1 Å². The van der Waals surface area contributed by atoms with E-state index in [0.29, 0.717) is 13.0 Å². The first-order valence-electron chi connectivity index (χ1n) is 22.3. The average Bonchev–Trinajstić information content (AvgIpc) is 4.16. The smallest absolute Gasteiger partial charge is 0.305 e. The highest BCUT2D eigenvalue weighted by Crippen LogP contribution is 2.36. The van der Waals surface area contributed by atoms with Crippen LogP contribution in [0.3, 0.4) is 0 Å². The monoisotopic (exact) mass is 830 g/mol. The number of likely N-dealkylation sites (tertiary alicyclic amines) is 2. The summed E-state index contributed by atoms with van der Waals surface area (Å²) in [5.41, 5.74) is 9.71. The van der Waals surface area contributed by atoms with Crippen LogP contribution in [0.25, 0.3) is 28.0 Å². The lowest BCUT2D eigenvalue weighted by atomic mass is 9.92. The molecule has 2 saturated heterocycles. The molecule has 0 spiro atoms. The standard InChI is InChI=1S/C52H58N6O4/c1-4-56(5-2)50(42-16-10-7-11-17-42)52(61)58-29-12-18-46(58)44-33-43(34-53-44)40-22-20-38(21-23-40)39-24-26-41(27-25-39)45-35-54-51(55-45)47-19-13-28-57(47)48(59)31-37(32-49(60)62-3)30-36-14-8-6-9-15-36/h6-11,14-17,20-27,34-35,37,46-47,50H,4-5,12-13,18-19,28-33H2,1-3H3,(H,54,55)/t37-,46+,47+,50-/m1/s1. The largest absolute Gasteiger partial charge is 0.469 e. The fourth-order valence-corrected chi connectivity index (χ4v) is 9.66. The number of H-pyrrole nitrogens is 1. The normalized spacial score (nSPS) is 18.5. The molecule has 3 aliphatic heterocycles. The van der Waals surface area contributed by atoms with Crippen LogP contribution < -0.4 is 0 Å². The molecule has 1 aromatic heterocycles. The summed E-state index contributed by atoms with van der Waals surface area (Å²) in [6, 6.07) is 36.9. The number of hydrogen-bond acceptors (Lipinski definition) is 7. The van der Waals surface area contributed by atoms with Gasteiger partial charge in [0, 0.05) is 44.3 Å². The number of esters is 1. The Morgan fingerprint density at radius 2 is 1.37 bits per heavy atom. The number of imidazole rings is 1. The fourth-order valence-electron chi connectivity index (χ4n) is 9.66. The highest BCUT2D eigenvalue weighted by molar-refractivity contribution is 6.03. The summed E-state index contributed by atoms with van der Waals surface area (Å²) in [7, 11) is 1.39. The number of benzene rings is 4. The molecule has 0 aliphatic carbocycles. The number of methoxy groups -OCH3 is 1. The Kier molecular flexibility index (Phi) is 13.5. The number of aromatic amines is 1. The Morgan fingerprint density at radius 3 is 2.03 bits per heavy atom. The number of allylic oxidation sites excluding steroid dienone is 1. The van der Waals surface area contributed by atoms with Crippen molar-refractivity contribution in [3.63, 3.8) is 0 Å². The Balaban J connectivity index is 0.880. The number of hydrogen-bond donors (Lipinski definition) is 1. The molecule has 4 heterocycles. The SMILES string of the molecule is CCN(CC)[C@@H](C(=O)N1CCC[C@H]1C1=NC=C(c2ccc(-c3ccc(-c4cnc([C@@H]5CCCN5C(=O)C[C@H](CC(=O)OC)Cc5ccccc5)[nH]4)cc3)cc2)C1)c1ccccc1. The van der Waals surface area contributed by atoms with Gasteiger partial charge in [-0.3, -0.25) is 24.3 Å². The number of carbonyl (C=O) groups is 3. The molecule has 3 aliphatic rings. The summed E-state index contributed by atoms with van der Waals surface area (Å²) in [6.07, 6.45) is 9.36. The number of aliphatic imine (C=N–C) groups is 1. The first-order chi connectivity index (χ1) is 30.3. The number of likely N-dealkylation sites (N-methyl/N-ethyl adjacent to an activating group) is 1. The van der Waals surface area contributed by atoms with Crippen LogP contribution in [-0.4, -0.2) is 87.5 Å². The molecule has 2 fully saturated rings. The number of nitrogens with zero attached hydrogens (tertiary/aromatic N) is 5. The molecule has 0 unspecified atom stereocenters. The third-order valence-electron chi connectivity index (χ3n) is 13.0. The van der Waals surface area contributed by atoms with Crippen LogP contribution in [0.5, 0.6) is 0 Å². The molecule has 62 heavy (non-hydrogen) atoms. The lowest BCUT2D eigenvalue weighted by molar-refractivity contribution is -0.142. The molecule has 10 heteroatoms. The van der Waals surface area contributed by atoms with Crippen LogP contribution in [0.1, 0.15) is 93.4 Å². The van der Waals surface area contributed by atoms with Crippen molar-refractivity contribution in [2.24, 2.45) is 10.9 Å². The van der Waals surface area contributed by atoms with Crippen molar-refractivity contribution in [2.75, 3.05) is 33.3 Å². The van der Waals surface area contributed by atoms with Crippen molar-refractivity contribution in [1.82, 2.24) is 24.7 Å². The molecule has 2 amide bonds. The summed E-state index contributed by atoms with van der Waals surface area (Å²) >= 11 is 0. The van der Waals surface area contributed by atoms with E-state index in [0.717, 1.165) is 102 Å². The van der Waals surface area contributed by atoms with Crippen LogP contribution in [-0.2, 0) is 25.5 Å². The fraction of sp³-hybridized carbons (Fsp3) is 0.365. The number of rotatable bonds is 16. The molecule has 5 aromatic rings. The molecule has 320 valence electrons. The Bertz CT molecular complexity index is 2370. The highest BCUT2D eigenvalue weighted by Gasteiger charge is 2.39. The van der Waals surface area contributed by atoms with Gasteiger partial charge in [0.25, 0.3) is 0 Å². The van der Waals surface area contributed by atoms with Crippen molar-refractivity contribution in [1.29, 1.82) is 0 Å². The van der Waals surface area contributed by atoms with E-state index in [9.17, 15) is 14.4 Å². The van der Waals surface area contributed by atoms with Gasteiger partial charge in [-0.25, -0.2) is 4.98 Å². The minimum atomic E-state index is -0.299. The topological polar surface area (TPSA) is 111 Å². The van der Waals surface area contributed by atoms with Gasteiger partial charge in [-0.15, -0.1) is 0 Å². The maximum atomic E-state index is 14.3. The van der Waals surface area contributed by atoms with Crippen LogP contribution >= 0.6 is 0 Å². The lowest BCUT2D eigenvalue weighted by Crippen LogP contribution is -2.47. The van der Waals surface area contributed by atoms with E-state index >= 15 is 0 Å². The van der Waals surface area contributed by atoms with Gasteiger partial charge >= 0.3 is 5.97 Å². The van der Waals surface area contributed by atoms with Gasteiger partial charge in [-0.1, -0.05) is 123 Å². The highest BCUT2D eigenvalue weighted by atomic mass is 16.5. The van der Waals surface area contributed by atoms with Gasteiger partial charge in [-0.2, -0.15) is 0 Å². The molecule has 10 nitrogen and oxygen atoms in total. The maximum Gasteiger partial charge on any atom is 0.305 e. The average molecular weight is 831 g/mol. The molecule has 4 atom stereocenters. The zero-order valence-corrected chi connectivity index (χ0v) is 36.2. The van der Waals surface area contributed by atoms with Crippen LogP contribution in [0, 0.1) is 5.92 Å². The van der Waals surface area contributed by atoms with E-state index in [1.54, 1.807) is 0 Å². The van der Waals surface area contributed by atoms with Crippen LogP contribution in [0.15, 0.2) is 127 Å². The van der Waals surface area contributed by atoms with Crippen LogP contribution in [0.2, 0.25) is 0 Å². The van der Waals surface area contributed by atoms with Crippen molar-refractivity contribution in [3.05, 3.63) is 144 Å².